The van der Waals surface area contributed by atoms with Crippen LogP contribution in [0.15, 0.2) is 49.2 Å². The van der Waals surface area contributed by atoms with E-state index >= 15 is 0 Å². The molecule has 4 heterocycles. The van der Waals surface area contributed by atoms with Crippen LogP contribution >= 0.6 is 0 Å². The van der Waals surface area contributed by atoms with Gasteiger partial charge in [0.1, 0.15) is 5.82 Å². The summed E-state index contributed by atoms with van der Waals surface area (Å²) < 4.78 is 1.78. The lowest BCUT2D eigenvalue weighted by atomic mass is 9.95. The van der Waals surface area contributed by atoms with Crippen LogP contribution in [0.1, 0.15) is 19.3 Å². The third kappa shape index (κ3) is 3.75. The molecule has 3 aromatic rings. The quantitative estimate of drug-likeness (QED) is 0.740. The number of allylic oxidation sites excluding steroid dienone is 1. The fraction of sp³-hybridized carbons (Fsp3) is 0.350. The highest BCUT2D eigenvalue weighted by atomic mass is 15.2. The second kappa shape index (κ2) is 7.25. The van der Waals surface area contributed by atoms with Gasteiger partial charge in [-0.15, -0.1) is 0 Å². The molecule has 0 radical (unpaired) electrons. The number of anilines is 1. The predicted octanol–water partition coefficient (Wildman–Crippen LogP) is 3.35. The molecule has 0 bridgehead atoms. The molecule has 1 fully saturated rings. The van der Waals surface area contributed by atoms with Gasteiger partial charge in [-0.25, -0.2) is 4.98 Å². The number of fused-ring (bicyclic) bond motifs is 1. The van der Waals surface area contributed by atoms with E-state index in [-0.39, 0.29) is 0 Å². The molecule has 6 heteroatoms. The van der Waals surface area contributed by atoms with Gasteiger partial charge < -0.3 is 10.6 Å². The highest BCUT2D eigenvalue weighted by Crippen LogP contribution is 2.24. The number of nitrogens with one attached hydrogen (secondary N) is 2. The highest BCUT2D eigenvalue weighted by Gasteiger charge is 2.14. The van der Waals surface area contributed by atoms with Gasteiger partial charge in [0.15, 0.2) is 0 Å². The van der Waals surface area contributed by atoms with Crippen molar-refractivity contribution in [3.63, 3.8) is 0 Å². The maximum Gasteiger partial charge on any atom is 0.130 e. The fourth-order valence-electron chi connectivity index (χ4n) is 3.50. The Hall–Kier alpha value is -2.73. The van der Waals surface area contributed by atoms with Crippen LogP contribution in [0.25, 0.3) is 22.0 Å². The topological polar surface area (TPSA) is 67.7 Å². The zero-order valence-electron chi connectivity index (χ0n) is 15.1. The molecule has 1 aliphatic heterocycles. The number of hydrogen-bond acceptors (Lipinski definition) is 5. The van der Waals surface area contributed by atoms with Gasteiger partial charge in [0, 0.05) is 42.3 Å². The summed E-state index contributed by atoms with van der Waals surface area (Å²) in [5, 5.41) is 13.2. The minimum Gasteiger partial charge on any atom is -0.344 e. The number of rotatable bonds is 5. The summed E-state index contributed by atoms with van der Waals surface area (Å²) >= 11 is 0. The van der Waals surface area contributed by atoms with Crippen LogP contribution in [0.4, 0.5) is 5.82 Å². The van der Waals surface area contributed by atoms with Gasteiger partial charge in [-0.3, -0.25) is 9.67 Å². The van der Waals surface area contributed by atoms with Crippen molar-refractivity contribution < 1.29 is 0 Å². The molecule has 0 aromatic carbocycles. The molecule has 1 atom stereocenters. The molecule has 0 amide bonds. The molecule has 0 aliphatic carbocycles. The molecule has 4 rings (SSSR count). The third-order valence-electron chi connectivity index (χ3n) is 4.84. The molecule has 26 heavy (non-hydrogen) atoms. The molecular weight excluding hydrogens is 324 g/mol. The largest absolute Gasteiger partial charge is 0.344 e. The van der Waals surface area contributed by atoms with Crippen LogP contribution in [0, 0.1) is 5.92 Å². The lowest BCUT2D eigenvalue weighted by molar-refractivity contribution is 0.376. The second-order valence-corrected chi connectivity index (χ2v) is 7.03. The van der Waals surface area contributed by atoms with Gasteiger partial charge in [-0.05, 0) is 55.8 Å². The number of nitrogens with zero attached hydrogens (tertiary/aromatic N) is 4. The molecule has 2 N–H and O–H groups in total. The Morgan fingerprint density at radius 2 is 2.15 bits per heavy atom. The zero-order valence-corrected chi connectivity index (χ0v) is 15.1. The number of hydrogen-bond donors (Lipinski definition) is 2. The maximum absolute atomic E-state index is 4.52. The van der Waals surface area contributed by atoms with E-state index in [1.807, 2.05) is 31.8 Å². The second-order valence-electron chi connectivity index (χ2n) is 7.03. The Morgan fingerprint density at radius 1 is 1.27 bits per heavy atom. The van der Waals surface area contributed by atoms with Gasteiger partial charge in [0.05, 0.1) is 11.9 Å². The van der Waals surface area contributed by atoms with E-state index in [2.05, 4.69) is 44.4 Å². The summed E-state index contributed by atoms with van der Waals surface area (Å²) in [6, 6.07) is 4.13. The van der Waals surface area contributed by atoms with Crippen LogP contribution in [0.2, 0.25) is 0 Å². The van der Waals surface area contributed by atoms with Crippen LogP contribution in [0.3, 0.4) is 0 Å². The van der Waals surface area contributed by atoms with E-state index in [0.717, 1.165) is 53.1 Å². The standard InChI is InChI=1S/C20H24N6/c1-14(6-15-4-3-5-21-9-15)25-20-8-16-7-19(18-12-24-26(2)13-18)22-10-17(16)11-23-20/h7-8,10-13,15,21H,1,3-6,9H2,2H3,(H,23,25). The van der Waals surface area contributed by atoms with Gasteiger partial charge in [0.2, 0.25) is 0 Å². The van der Waals surface area contributed by atoms with Crippen LogP contribution in [0.5, 0.6) is 0 Å². The lowest BCUT2D eigenvalue weighted by Gasteiger charge is -2.23. The van der Waals surface area contributed by atoms with E-state index in [1.165, 1.54) is 12.8 Å². The van der Waals surface area contributed by atoms with Gasteiger partial charge >= 0.3 is 0 Å². The van der Waals surface area contributed by atoms with Crippen molar-refractivity contribution in [1.29, 1.82) is 0 Å². The number of aryl methyl sites for hydroxylation is 1. The first kappa shape index (κ1) is 16.7. The molecule has 0 saturated carbocycles. The van der Waals surface area contributed by atoms with Crippen molar-refractivity contribution in [2.24, 2.45) is 13.0 Å². The van der Waals surface area contributed by atoms with Crippen LogP contribution in [-0.4, -0.2) is 32.8 Å². The number of pyridine rings is 2. The smallest absolute Gasteiger partial charge is 0.130 e. The summed E-state index contributed by atoms with van der Waals surface area (Å²) in [7, 11) is 1.91. The molecule has 1 saturated heterocycles. The predicted molar refractivity (Wildman–Crippen MR) is 105 cm³/mol. The fourth-order valence-corrected chi connectivity index (χ4v) is 3.50. The maximum atomic E-state index is 4.52. The Labute approximate surface area is 153 Å². The number of piperidine rings is 1. The normalized spacial score (nSPS) is 17.3. The molecule has 1 unspecified atom stereocenters. The summed E-state index contributed by atoms with van der Waals surface area (Å²) in [5.41, 5.74) is 2.94. The Kier molecular flexibility index (Phi) is 4.67. The van der Waals surface area contributed by atoms with Gasteiger partial charge in [-0.1, -0.05) is 6.58 Å². The molecule has 3 aromatic heterocycles. The zero-order chi connectivity index (χ0) is 17.9. The van der Waals surface area contributed by atoms with E-state index in [1.54, 1.807) is 4.68 Å². The van der Waals surface area contributed by atoms with E-state index in [0.29, 0.717) is 5.92 Å². The minimum atomic E-state index is 0.658. The van der Waals surface area contributed by atoms with Crippen molar-refractivity contribution in [2.45, 2.75) is 19.3 Å². The summed E-state index contributed by atoms with van der Waals surface area (Å²) in [5.74, 6) is 1.49. The first-order valence-corrected chi connectivity index (χ1v) is 9.08. The first-order valence-electron chi connectivity index (χ1n) is 9.08. The van der Waals surface area contributed by atoms with Crippen LogP contribution < -0.4 is 10.6 Å². The Bertz CT molecular complexity index is 923. The minimum absolute atomic E-state index is 0.658. The first-order chi connectivity index (χ1) is 12.7. The van der Waals surface area contributed by atoms with E-state index in [4.69, 9.17) is 0 Å². The summed E-state index contributed by atoms with van der Waals surface area (Å²) in [4.78, 5) is 9.02. The molecule has 6 nitrogen and oxygen atoms in total. The van der Waals surface area contributed by atoms with Crippen molar-refractivity contribution in [3.8, 4) is 11.3 Å². The van der Waals surface area contributed by atoms with Crippen LogP contribution in [-0.2, 0) is 7.05 Å². The number of aromatic nitrogens is 4. The van der Waals surface area contributed by atoms with Crippen molar-refractivity contribution >= 4 is 16.6 Å². The van der Waals surface area contributed by atoms with E-state index < -0.39 is 0 Å². The van der Waals surface area contributed by atoms with Crippen molar-refractivity contribution in [1.82, 2.24) is 25.1 Å². The van der Waals surface area contributed by atoms with E-state index in [9.17, 15) is 0 Å². The van der Waals surface area contributed by atoms with Crippen molar-refractivity contribution in [2.75, 3.05) is 18.4 Å². The molecular formula is C20H24N6. The lowest BCUT2D eigenvalue weighted by Crippen LogP contribution is -2.30. The van der Waals surface area contributed by atoms with Crippen molar-refractivity contribution in [3.05, 3.63) is 49.2 Å². The Balaban J connectivity index is 1.51. The molecule has 0 spiro atoms. The third-order valence-corrected chi connectivity index (χ3v) is 4.84. The highest BCUT2D eigenvalue weighted by molar-refractivity contribution is 5.86. The average molecular weight is 348 g/mol. The monoisotopic (exact) mass is 348 g/mol. The summed E-state index contributed by atoms with van der Waals surface area (Å²) in [6.07, 6.45) is 11.0. The van der Waals surface area contributed by atoms with Gasteiger partial charge in [-0.2, -0.15) is 5.10 Å². The molecule has 1 aliphatic rings. The summed E-state index contributed by atoms with van der Waals surface area (Å²) in [6.45, 7) is 6.40. The Morgan fingerprint density at radius 3 is 2.92 bits per heavy atom. The average Bonchev–Trinajstić information content (AvgIpc) is 3.08. The molecule has 134 valence electrons. The van der Waals surface area contributed by atoms with Gasteiger partial charge in [0.25, 0.3) is 0 Å². The SMILES string of the molecule is C=C(CC1CCCNC1)Nc1cc2cc(-c3cnn(C)c3)ncc2cn1.